The van der Waals surface area contributed by atoms with E-state index in [0.29, 0.717) is 6.04 Å². The highest BCUT2D eigenvalue weighted by Gasteiger charge is 2.21. The van der Waals surface area contributed by atoms with Crippen LogP contribution in [0.4, 0.5) is 5.69 Å². The summed E-state index contributed by atoms with van der Waals surface area (Å²) >= 11 is 0. The van der Waals surface area contributed by atoms with Crippen molar-refractivity contribution in [1.82, 2.24) is 0 Å². The van der Waals surface area contributed by atoms with Gasteiger partial charge in [0, 0.05) is 11.7 Å². The van der Waals surface area contributed by atoms with Crippen molar-refractivity contribution >= 4 is 11.7 Å². The van der Waals surface area contributed by atoms with Gasteiger partial charge in [-0.3, -0.25) is 4.79 Å². The van der Waals surface area contributed by atoms with E-state index in [1.54, 1.807) is 0 Å². The largest absolute Gasteiger partial charge is 0.481 e. The van der Waals surface area contributed by atoms with E-state index in [0.717, 1.165) is 11.3 Å². The molecule has 0 atom stereocenters. The van der Waals surface area contributed by atoms with Gasteiger partial charge in [0.05, 0.1) is 6.42 Å². The average molecular weight is 191 g/mol. The van der Waals surface area contributed by atoms with E-state index in [4.69, 9.17) is 5.11 Å². The standard InChI is InChI=1S/C11H13NO2/c13-11(14)7-8-3-1-2-4-10(8)12-9-5-6-9/h1-4,9,12H,5-7H2,(H,13,14). The van der Waals surface area contributed by atoms with Crippen molar-refractivity contribution in [3.8, 4) is 0 Å². The number of aliphatic carboxylic acids is 1. The van der Waals surface area contributed by atoms with Crippen molar-refractivity contribution in [2.75, 3.05) is 5.32 Å². The fourth-order valence-electron chi connectivity index (χ4n) is 1.43. The summed E-state index contributed by atoms with van der Waals surface area (Å²) in [6, 6.07) is 8.16. The number of carboxylic acids is 1. The third-order valence-electron chi connectivity index (χ3n) is 2.30. The molecule has 0 aromatic heterocycles. The van der Waals surface area contributed by atoms with E-state index < -0.39 is 5.97 Å². The molecule has 1 fully saturated rings. The molecule has 2 rings (SSSR count). The summed E-state index contributed by atoms with van der Waals surface area (Å²) < 4.78 is 0. The summed E-state index contributed by atoms with van der Waals surface area (Å²) in [5.41, 5.74) is 1.84. The lowest BCUT2D eigenvalue weighted by molar-refractivity contribution is -0.136. The molecule has 74 valence electrons. The van der Waals surface area contributed by atoms with E-state index in [9.17, 15) is 4.79 Å². The highest BCUT2D eigenvalue weighted by Crippen LogP contribution is 2.26. The summed E-state index contributed by atoms with van der Waals surface area (Å²) in [4.78, 5) is 10.6. The van der Waals surface area contributed by atoms with Crippen molar-refractivity contribution in [1.29, 1.82) is 0 Å². The van der Waals surface area contributed by atoms with Gasteiger partial charge >= 0.3 is 5.97 Å². The number of hydrogen-bond donors (Lipinski definition) is 2. The maximum atomic E-state index is 10.6. The third kappa shape index (κ3) is 2.25. The molecule has 0 spiro atoms. The molecule has 1 aliphatic rings. The predicted molar refractivity (Wildman–Crippen MR) is 54.4 cm³/mol. The number of anilines is 1. The quantitative estimate of drug-likeness (QED) is 0.764. The molecular weight excluding hydrogens is 178 g/mol. The van der Waals surface area contributed by atoms with Gasteiger partial charge in [-0.2, -0.15) is 0 Å². The van der Waals surface area contributed by atoms with Crippen LogP contribution in [0, 0.1) is 0 Å². The number of carboxylic acid groups (broad SMARTS) is 1. The minimum Gasteiger partial charge on any atom is -0.481 e. The fraction of sp³-hybridized carbons (Fsp3) is 0.364. The topological polar surface area (TPSA) is 49.3 Å². The van der Waals surface area contributed by atoms with Crippen LogP contribution in [0.3, 0.4) is 0 Å². The van der Waals surface area contributed by atoms with Gasteiger partial charge in [0.25, 0.3) is 0 Å². The van der Waals surface area contributed by atoms with Crippen LogP contribution in [0.5, 0.6) is 0 Å². The molecule has 1 aromatic rings. The Hall–Kier alpha value is -1.51. The summed E-state index contributed by atoms with van der Waals surface area (Å²) in [6.07, 6.45) is 2.48. The Morgan fingerprint density at radius 3 is 2.79 bits per heavy atom. The Balaban J connectivity index is 2.14. The second-order valence-corrected chi connectivity index (χ2v) is 3.65. The number of hydrogen-bond acceptors (Lipinski definition) is 2. The summed E-state index contributed by atoms with van der Waals surface area (Å²) in [7, 11) is 0. The molecule has 0 saturated heterocycles. The van der Waals surface area contributed by atoms with Gasteiger partial charge in [-0.25, -0.2) is 0 Å². The second kappa shape index (κ2) is 3.70. The van der Waals surface area contributed by atoms with Gasteiger partial charge in [-0.15, -0.1) is 0 Å². The van der Waals surface area contributed by atoms with Crippen LogP contribution in [0.25, 0.3) is 0 Å². The molecule has 3 heteroatoms. The number of para-hydroxylation sites is 1. The van der Waals surface area contributed by atoms with Gasteiger partial charge in [0.15, 0.2) is 0 Å². The molecule has 1 saturated carbocycles. The smallest absolute Gasteiger partial charge is 0.307 e. The van der Waals surface area contributed by atoms with E-state index in [-0.39, 0.29) is 6.42 Å². The predicted octanol–water partition coefficient (Wildman–Crippen LogP) is 1.89. The molecule has 0 heterocycles. The number of rotatable bonds is 4. The number of benzene rings is 1. The van der Waals surface area contributed by atoms with Crippen LogP contribution in [0.1, 0.15) is 18.4 Å². The summed E-state index contributed by atoms with van der Waals surface area (Å²) in [5, 5.41) is 12.0. The van der Waals surface area contributed by atoms with Crippen LogP contribution in [0.15, 0.2) is 24.3 Å². The monoisotopic (exact) mass is 191 g/mol. The summed E-state index contributed by atoms with van der Waals surface area (Å²) in [5.74, 6) is -0.782. The normalized spacial score (nSPS) is 15.1. The van der Waals surface area contributed by atoms with E-state index in [1.807, 2.05) is 24.3 Å². The van der Waals surface area contributed by atoms with Gasteiger partial charge in [0.1, 0.15) is 0 Å². The van der Waals surface area contributed by atoms with Crippen LogP contribution in [-0.4, -0.2) is 17.1 Å². The second-order valence-electron chi connectivity index (χ2n) is 3.65. The minimum atomic E-state index is -0.782. The van der Waals surface area contributed by atoms with Crippen LogP contribution >= 0.6 is 0 Å². The molecule has 0 bridgehead atoms. The first-order valence-corrected chi connectivity index (χ1v) is 4.82. The lowest BCUT2D eigenvalue weighted by Gasteiger charge is -2.09. The minimum absolute atomic E-state index is 0.0931. The molecule has 1 aliphatic carbocycles. The Morgan fingerprint density at radius 1 is 1.43 bits per heavy atom. The zero-order valence-corrected chi connectivity index (χ0v) is 7.86. The highest BCUT2D eigenvalue weighted by atomic mass is 16.4. The zero-order valence-electron chi connectivity index (χ0n) is 7.86. The van der Waals surface area contributed by atoms with E-state index in [1.165, 1.54) is 12.8 Å². The summed E-state index contributed by atoms with van der Waals surface area (Å²) in [6.45, 7) is 0. The van der Waals surface area contributed by atoms with Crippen molar-refractivity contribution in [2.45, 2.75) is 25.3 Å². The van der Waals surface area contributed by atoms with Crippen LogP contribution in [0.2, 0.25) is 0 Å². The van der Waals surface area contributed by atoms with Gasteiger partial charge in [0.2, 0.25) is 0 Å². The van der Waals surface area contributed by atoms with Gasteiger partial charge in [-0.05, 0) is 24.5 Å². The SMILES string of the molecule is O=C(O)Cc1ccccc1NC1CC1. The molecule has 3 nitrogen and oxygen atoms in total. The van der Waals surface area contributed by atoms with Crippen LogP contribution < -0.4 is 5.32 Å². The lowest BCUT2D eigenvalue weighted by atomic mass is 10.1. The third-order valence-corrected chi connectivity index (χ3v) is 2.30. The molecule has 1 aromatic carbocycles. The lowest BCUT2D eigenvalue weighted by Crippen LogP contribution is -2.07. The molecule has 14 heavy (non-hydrogen) atoms. The Kier molecular flexibility index (Phi) is 2.39. The maximum Gasteiger partial charge on any atom is 0.307 e. The Morgan fingerprint density at radius 2 is 2.14 bits per heavy atom. The molecule has 0 aliphatic heterocycles. The zero-order chi connectivity index (χ0) is 9.97. The first-order chi connectivity index (χ1) is 6.75. The highest BCUT2D eigenvalue weighted by molar-refractivity contribution is 5.73. The fourth-order valence-corrected chi connectivity index (χ4v) is 1.43. The van der Waals surface area contributed by atoms with Crippen molar-refractivity contribution in [3.05, 3.63) is 29.8 Å². The van der Waals surface area contributed by atoms with E-state index >= 15 is 0 Å². The van der Waals surface area contributed by atoms with Crippen molar-refractivity contribution in [2.24, 2.45) is 0 Å². The Labute approximate surface area is 82.8 Å². The first-order valence-electron chi connectivity index (χ1n) is 4.82. The van der Waals surface area contributed by atoms with Crippen LogP contribution in [-0.2, 0) is 11.2 Å². The molecule has 0 radical (unpaired) electrons. The van der Waals surface area contributed by atoms with Gasteiger partial charge < -0.3 is 10.4 Å². The van der Waals surface area contributed by atoms with E-state index in [2.05, 4.69) is 5.32 Å². The molecule has 0 unspecified atom stereocenters. The van der Waals surface area contributed by atoms with Crippen molar-refractivity contribution in [3.63, 3.8) is 0 Å². The molecule has 2 N–H and O–H groups in total. The van der Waals surface area contributed by atoms with Crippen molar-refractivity contribution < 1.29 is 9.90 Å². The van der Waals surface area contributed by atoms with Gasteiger partial charge in [-0.1, -0.05) is 18.2 Å². The Bertz CT molecular complexity index is 345. The maximum absolute atomic E-state index is 10.6. The number of nitrogens with one attached hydrogen (secondary N) is 1. The molecule has 0 amide bonds. The first kappa shape index (κ1) is 9.06. The number of carbonyl (C=O) groups is 1. The molecular formula is C11H13NO2. The average Bonchev–Trinajstić information content (AvgIpc) is 2.91.